The number of hydrogen-bond donors (Lipinski definition) is 3. The summed E-state index contributed by atoms with van der Waals surface area (Å²) >= 11 is 0. The van der Waals surface area contributed by atoms with Gasteiger partial charge in [-0.15, -0.1) is 0 Å². The maximum absolute atomic E-state index is 11.0. The molecule has 4 rings (SSSR count). The Hall–Kier alpha value is -3.61. The summed E-state index contributed by atoms with van der Waals surface area (Å²) in [4.78, 5) is 26.3. The molecule has 0 atom stereocenters. The van der Waals surface area contributed by atoms with Crippen molar-refractivity contribution in [2.24, 2.45) is 5.73 Å². The Bertz CT molecular complexity index is 1020. The molecule has 0 aliphatic carbocycles. The summed E-state index contributed by atoms with van der Waals surface area (Å²) in [6, 6.07) is 15.0. The molecule has 0 bridgehead atoms. The first-order valence-electron chi connectivity index (χ1n) is 7.28. The summed E-state index contributed by atoms with van der Waals surface area (Å²) < 4.78 is 4.98. The van der Waals surface area contributed by atoms with Crippen LogP contribution < -0.4 is 10.5 Å². The van der Waals surface area contributed by atoms with Crippen molar-refractivity contribution in [3.05, 3.63) is 54.7 Å². The van der Waals surface area contributed by atoms with Gasteiger partial charge in [-0.3, -0.25) is 0 Å². The van der Waals surface area contributed by atoms with E-state index in [1.54, 1.807) is 18.3 Å². The zero-order chi connectivity index (χ0) is 16.5. The van der Waals surface area contributed by atoms with Crippen LogP contribution in [0.15, 0.2) is 54.7 Å². The number of primary amides is 1. The van der Waals surface area contributed by atoms with Crippen LogP contribution in [0.2, 0.25) is 0 Å². The van der Waals surface area contributed by atoms with Crippen molar-refractivity contribution >= 4 is 17.1 Å². The van der Waals surface area contributed by atoms with Crippen LogP contribution in [-0.2, 0) is 0 Å². The van der Waals surface area contributed by atoms with Crippen LogP contribution in [0.5, 0.6) is 5.75 Å². The third kappa shape index (κ3) is 2.48. The molecular formula is C17H13N5O2. The molecule has 2 heterocycles. The van der Waals surface area contributed by atoms with E-state index in [2.05, 4.69) is 19.9 Å². The highest BCUT2D eigenvalue weighted by atomic mass is 16.5. The molecule has 0 spiro atoms. The molecule has 1 amide bonds. The van der Waals surface area contributed by atoms with Crippen LogP contribution in [0.3, 0.4) is 0 Å². The van der Waals surface area contributed by atoms with E-state index in [4.69, 9.17) is 10.5 Å². The van der Waals surface area contributed by atoms with Crippen molar-refractivity contribution < 1.29 is 9.53 Å². The topological polar surface area (TPSA) is 110 Å². The van der Waals surface area contributed by atoms with Crippen molar-refractivity contribution in [3.8, 4) is 28.7 Å². The van der Waals surface area contributed by atoms with E-state index in [1.165, 1.54) is 0 Å². The van der Waals surface area contributed by atoms with Gasteiger partial charge in [0.15, 0.2) is 11.6 Å². The van der Waals surface area contributed by atoms with Gasteiger partial charge in [-0.25, -0.2) is 14.8 Å². The zero-order valence-electron chi connectivity index (χ0n) is 12.5. The molecule has 4 N–H and O–H groups in total. The molecule has 2 aromatic heterocycles. The highest BCUT2D eigenvalue weighted by Crippen LogP contribution is 2.27. The number of nitrogens with zero attached hydrogens (tertiary/aromatic N) is 2. The van der Waals surface area contributed by atoms with E-state index >= 15 is 0 Å². The highest BCUT2D eigenvalue weighted by Gasteiger charge is 2.13. The molecule has 7 nitrogen and oxygen atoms in total. The van der Waals surface area contributed by atoms with Crippen molar-refractivity contribution in [2.75, 3.05) is 0 Å². The van der Waals surface area contributed by atoms with Gasteiger partial charge in [-0.2, -0.15) is 0 Å². The van der Waals surface area contributed by atoms with Gasteiger partial charge >= 0.3 is 6.09 Å². The van der Waals surface area contributed by atoms with Gasteiger partial charge < -0.3 is 20.4 Å². The number of hydrogen-bond acceptors (Lipinski definition) is 4. The van der Waals surface area contributed by atoms with Crippen LogP contribution in [0.4, 0.5) is 4.79 Å². The molecule has 4 aromatic rings. The second-order valence-electron chi connectivity index (χ2n) is 5.16. The maximum atomic E-state index is 11.0. The highest BCUT2D eigenvalue weighted by molar-refractivity contribution is 5.86. The maximum Gasteiger partial charge on any atom is 0.410 e. The van der Waals surface area contributed by atoms with Gasteiger partial charge in [-0.1, -0.05) is 36.4 Å². The lowest BCUT2D eigenvalue weighted by molar-refractivity contribution is 0.211. The second-order valence-corrected chi connectivity index (χ2v) is 5.16. The SMILES string of the molecule is NC(=O)Oc1cccc2[nH]c(-c3c[nH]c(-c4ccccc4)n3)nc12. The summed E-state index contributed by atoms with van der Waals surface area (Å²) in [5, 5.41) is 0. The molecule has 2 aromatic carbocycles. The number of imidazole rings is 2. The number of aromatic nitrogens is 4. The minimum Gasteiger partial charge on any atom is -0.408 e. The smallest absolute Gasteiger partial charge is 0.408 e. The number of rotatable bonds is 3. The number of fused-ring (bicyclic) bond motifs is 1. The summed E-state index contributed by atoms with van der Waals surface area (Å²) in [6.07, 6.45) is 0.896. The lowest BCUT2D eigenvalue weighted by Gasteiger charge is -1.99. The molecular weight excluding hydrogens is 306 g/mol. The Morgan fingerprint density at radius 2 is 1.83 bits per heavy atom. The van der Waals surface area contributed by atoms with Crippen molar-refractivity contribution in [2.45, 2.75) is 0 Å². The van der Waals surface area contributed by atoms with Crippen LogP contribution in [-0.4, -0.2) is 26.0 Å². The molecule has 0 aliphatic rings. The monoisotopic (exact) mass is 319 g/mol. The van der Waals surface area contributed by atoms with Gasteiger partial charge in [0.1, 0.15) is 17.0 Å². The first-order chi connectivity index (χ1) is 11.7. The van der Waals surface area contributed by atoms with Gasteiger partial charge in [0.05, 0.1) is 5.52 Å². The van der Waals surface area contributed by atoms with Gasteiger partial charge in [0.25, 0.3) is 0 Å². The molecule has 118 valence electrons. The molecule has 0 saturated heterocycles. The fourth-order valence-electron chi connectivity index (χ4n) is 2.50. The largest absolute Gasteiger partial charge is 0.410 e. The summed E-state index contributed by atoms with van der Waals surface area (Å²) in [6.45, 7) is 0. The minimum atomic E-state index is -0.877. The standard InChI is InChI=1S/C17H13N5O2/c18-17(23)24-13-8-4-7-11-14(13)22-16(20-11)12-9-19-15(21-12)10-5-2-1-3-6-10/h1-9H,(H2,18,23)(H,19,21)(H,20,22). The lowest BCUT2D eigenvalue weighted by Crippen LogP contribution is -2.16. The molecule has 24 heavy (non-hydrogen) atoms. The second kappa shape index (κ2) is 5.54. The summed E-state index contributed by atoms with van der Waals surface area (Å²) in [7, 11) is 0. The molecule has 7 heteroatoms. The Balaban J connectivity index is 1.75. The number of ether oxygens (including phenoxy) is 1. The molecule has 0 saturated carbocycles. The van der Waals surface area contributed by atoms with Crippen molar-refractivity contribution in [3.63, 3.8) is 0 Å². The van der Waals surface area contributed by atoms with E-state index in [0.717, 1.165) is 16.9 Å². The van der Waals surface area contributed by atoms with E-state index in [-0.39, 0.29) is 0 Å². The third-order valence-electron chi connectivity index (χ3n) is 3.55. The number of nitrogens with one attached hydrogen (secondary N) is 2. The van der Waals surface area contributed by atoms with Crippen LogP contribution in [0.25, 0.3) is 33.9 Å². The molecule has 0 unspecified atom stereocenters. The normalized spacial score (nSPS) is 10.8. The first kappa shape index (κ1) is 14.0. The van der Waals surface area contributed by atoms with Gasteiger partial charge in [-0.05, 0) is 12.1 Å². The average molecular weight is 319 g/mol. The van der Waals surface area contributed by atoms with E-state index in [0.29, 0.717) is 22.8 Å². The number of nitrogens with two attached hydrogens (primary N) is 1. The van der Waals surface area contributed by atoms with Crippen LogP contribution in [0.1, 0.15) is 0 Å². The van der Waals surface area contributed by atoms with E-state index in [9.17, 15) is 4.79 Å². The minimum absolute atomic E-state index is 0.307. The predicted molar refractivity (Wildman–Crippen MR) is 89.3 cm³/mol. The fraction of sp³-hybridized carbons (Fsp3) is 0. The predicted octanol–water partition coefficient (Wildman–Crippen LogP) is 3.08. The summed E-state index contributed by atoms with van der Waals surface area (Å²) in [5.74, 6) is 1.63. The molecule has 0 aliphatic heterocycles. The van der Waals surface area contributed by atoms with Crippen LogP contribution in [0, 0.1) is 0 Å². The fourth-order valence-corrected chi connectivity index (χ4v) is 2.50. The Morgan fingerprint density at radius 3 is 2.62 bits per heavy atom. The number of benzene rings is 2. The Morgan fingerprint density at radius 1 is 1.00 bits per heavy atom. The van der Waals surface area contributed by atoms with Crippen molar-refractivity contribution in [1.82, 2.24) is 19.9 Å². The number of H-pyrrole nitrogens is 2. The average Bonchev–Trinajstić information content (AvgIpc) is 3.22. The lowest BCUT2D eigenvalue weighted by atomic mass is 10.2. The molecule has 0 radical (unpaired) electrons. The number of carbonyl (C=O) groups is 1. The number of carbonyl (C=O) groups excluding carboxylic acids is 1. The number of amides is 1. The van der Waals surface area contributed by atoms with Gasteiger partial charge in [0, 0.05) is 11.8 Å². The first-order valence-corrected chi connectivity index (χ1v) is 7.28. The van der Waals surface area contributed by atoms with Crippen molar-refractivity contribution in [1.29, 1.82) is 0 Å². The number of para-hydroxylation sites is 1. The van der Waals surface area contributed by atoms with Gasteiger partial charge in [0.2, 0.25) is 0 Å². The molecule has 0 fully saturated rings. The number of aromatic amines is 2. The zero-order valence-corrected chi connectivity index (χ0v) is 12.5. The van der Waals surface area contributed by atoms with Crippen LogP contribution >= 0.6 is 0 Å². The Kier molecular flexibility index (Phi) is 3.24. The quantitative estimate of drug-likeness (QED) is 0.539. The summed E-state index contributed by atoms with van der Waals surface area (Å²) in [5.41, 5.74) is 7.98. The van der Waals surface area contributed by atoms with E-state index < -0.39 is 6.09 Å². The third-order valence-corrected chi connectivity index (χ3v) is 3.55. The van der Waals surface area contributed by atoms with E-state index in [1.807, 2.05) is 36.4 Å². The Labute approximate surface area is 136 Å².